The zero-order chi connectivity index (χ0) is 12.5. The highest BCUT2D eigenvalue weighted by molar-refractivity contribution is 6.30. The van der Waals surface area contributed by atoms with Gasteiger partial charge in [-0.3, -0.25) is 4.90 Å². The first-order valence-corrected chi connectivity index (χ1v) is 6.41. The van der Waals surface area contributed by atoms with Crippen LogP contribution in [-0.2, 0) is 0 Å². The third-order valence-electron chi connectivity index (χ3n) is 3.35. The largest absolute Gasteiger partial charge is 0.337 e. The Balaban J connectivity index is 1.87. The van der Waals surface area contributed by atoms with E-state index in [9.17, 15) is 0 Å². The van der Waals surface area contributed by atoms with E-state index in [-0.39, 0.29) is 6.04 Å². The molecule has 0 saturated carbocycles. The van der Waals surface area contributed by atoms with Crippen LogP contribution in [0, 0.1) is 0 Å². The molecular formula is C13H14ClN3O. The molecular weight excluding hydrogens is 250 g/mol. The molecule has 2 heterocycles. The van der Waals surface area contributed by atoms with E-state index < -0.39 is 0 Å². The van der Waals surface area contributed by atoms with Gasteiger partial charge in [-0.2, -0.15) is 4.98 Å². The van der Waals surface area contributed by atoms with E-state index in [1.54, 1.807) is 0 Å². The van der Waals surface area contributed by atoms with Gasteiger partial charge in [0, 0.05) is 10.6 Å². The summed E-state index contributed by atoms with van der Waals surface area (Å²) in [6.07, 6.45) is 2.26. The number of hydrogen-bond acceptors (Lipinski definition) is 4. The van der Waals surface area contributed by atoms with Gasteiger partial charge in [-0.05, 0) is 50.7 Å². The maximum Gasteiger partial charge on any atom is 0.244 e. The summed E-state index contributed by atoms with van der Waals surface area (Å²) in [6.45, 7) is 1.09. The van der Waals surface area contributed by atoms with E-state index in [2.05, 4.69) is 22.1 Å². The third kappa shape index (κ3) is 2.13. The number of rotatable bonds is 2. The van der Waals surface area contributed by atoms with Gasteiger partial charge in [0.1, 0.15) is 0 Å². The Morgan fingerprint density at radius 1 is 1.33 bits per heavy atom. The van der Waals surface area contributed by atoms with Crippen molar-refractivity contribution in [3.63, 3.8) is 0 Å². The summed E-state index contributed by atoms with van der Waals surface area (Å²) in [6, 6.07) is 7.71. The molecule has 0 spiro atoms. The fourth-order valence-electron chi connectivity index (χ4n) is 2.31. The van der Waals surface area contributed by atoms with Crippen molar-refractivity contribution in [3.8, 4) is 11.4 Å². The van der Waals surface area contributed by atoms with E-state index in [0.29, 0.717) is 16.7 Å². The van der Waals surface area contributed by atoms with Crippen LogP contribution < -0.4 is 0 Å². The second-order valence-corrected chi connectivity index (χ2v) is 5.04. The van der Waals surface area contributed by atoms with Crippen molar-refractivity contribution in [2.45, 2.75) is 18.9 Å². The maximum absolute atomic E-state index is 5.86. The van der Waals surface area contributed by atoms with Crippen LogP contribution in [0.5, 0.6) is 0 Å². The standard InChI is InChI=1S/C13H14ClN3O/c1-17-8-2-3-11(17)13-15-12(16-18-13)9-4-6-10(14)7-5-9/h4-7,11H,2-3,8H2,1H3/t11-/m0/s1. The second kappa shape index (κ2) is 4.71. The fourth-order valence-corrected chi connectivity index (χ4v) is 2.44. The SMILES string of the molecule is CN1CCC[C@H]1c1nc(-c2ccc(Cl)cc2)no1. The Morgan fingerprint density at radius 2 is 2.11 bits per heavy atom. The lowest BCUT2D eigenvalue weighted by Gasteiger charge is -2.14. The molecule has 1 saturated heterocycles. The van der Waals surface area contributed by atoms with Gasteiger partial charge in [0.15, 0.2) is 0 Å². The monoisotopic (exact) mass is 263 g/mol. The molecule has 0 N–H and O–H groups in total. The quantitative estimate of drug-likeness (QED) is 0.835. The normalized spacial score (nSPS) is 20.4. The first kappa shape index (κ1) is 11.7. The molecule has 3 rings (SSSR count). The van der Waals surface area contributed by atoms with Crippen molar-refractivity contribution < 1.29 is 4.52 Å². The summed E-state index contributed by atoms with van der Waals surface area (Å²) in [7, 11) is 2.09. The lowest BCUT2D eigenvalue weighted by molar-refractivity contribution is 0.245. The Kier molecular flexibility index (Phi) is 3.06. The minimum absolute atomic E-state index is 0.263. The van der Waals surface area contributed by atoms with Gasteiger partial charge in [0.05, 0.1) is 6.04 Å². The third-order valence-corrected chi connectivity index (χ3v) is 3.60. The first-order valence-electron chi connectivity index (χ1n) is 6.04. The Labute approximate surface area is 111 Å². The van der Waals surface area contributed by atoms with Gasteiger partial charge in [-0.25, -0.2) is 0 Å². The van der Waals surface area contributed by atoms with Crippen LogP contribution in [-0.4, -0.2) is 28.6 Å². The Bertz CT molecular complexity index is 537. The zero-order valence-electron chi connectivity index (χ0n) is 10.1. The van der Waals surface area contributed by atoms with Gasteiger partial charge in [0.2, 0.25) is 11.7 Å². The van der Waals surface area contributed by atoms with Gasteiger partial charge in [-0.1, -0.05) is 16.8 Å². The van der Waals surface area contributed by atoms with Gasteiger partial charge in [-0.15, -0.1) is 0 Å². The van der Waals surface area contributed by atoms with E-state index in [4.69, 9.17) is 16.1 Å². The topological polar surface area (TPSA) is 42.2 Å². The molecule has 4 nitrogen and oxygen atoms in total. The summed E-state index contributed by atoms with van der Waals surface area (Å²) in [5.74, 6) is 1.34. The lowest BCUT2D eigenvalue weighted by atomic mass is 10.2. The lowest BCUT2D eigenvalue weighted by Crippen LogP contribution is -2.17. The van der Waals surface area contributed by atoms with Crippen molar-refractivity contribution in [2.75, 3.05) is 13.6 Å². The minimum atomic E-state index is 0.263. The van der Waals surface area contributed by atoms with Crippen molar-refractivity contribution in [3.05, 3.63) is 35.2 Å². The molecule has 1 aromatic carbocycles. The van der Waals surface area contributed by atoms with E-state index in [1.807, 2.05) is 24.3 Å². The predicted octanol–water partition coefficient (Wildman–Crippen LogP) is 3.16. The molecule has 0 bridgehead atoms. The first-order chi connectivity index (χ1) is 8.74. The predicted molar refractivity (Wildman–Crippen MR) is 69.3 cm³/mol. The number of hydrogen-bond donors (Lipinski definition) is 0. The molecule has 0 amide bonds. The molecule has 94 valence electrons. The van der Waals surface area contributed by atoms with Crippen molar-refractivity contribution in [2.24, 2.45) is 0 Å². The van der Waals surface area contributed by atoms with Crippen molar-refractivity contribution in [1.82, 2.24) is 15.0 Å². The smallest absolute Gasteiger partial charge is 0.244 e. The van der Waals surface area contributed by atoms with Crippen molar-refractivity contribution >= 4 is 11.6 Å². The molecule has 0 aliphatic carbocycles. The Morgan fingerprint density at radius 3 is 2.78 bits per heavy atom. The van der Waals surface area contributed by atoms with E-state index in [1.165, 1.54) is 6.42 Å². The van der Waals surface area contributed by atoms with Crippen LogP contribution in [0.1, 0.15) is 24.8 Å². The van der Waals surface area contributed by atoms with Crippen LogP contribution in [0.15, 0.2) is 28.8 Å². The molecule has 1 fully saturated rings. The highest BCUT2D eigenvalue weighted by Crippen LogP contribution is 2.30. The number of benzene rings is 1. The molecule has 5 heteroatoms. The number of halogens is 1. The highest BCUT2D eigenvalue weighted by atomic mass is 35.5. The molecule has 1 aliphatic rings. The zero-order valence-corrected chi connectivity index (χ0v) is 10.9. The molecule has 0 radical (unpaired) electrons. The van der Waals surface area contributed by atoms with Crippen LogP contribution in [0.25, 0.3) is 11.4 Å². The van der Waals surface area contributed by atoms with Crippen molar-refractivity contribution in [1.29, 1.82) is 0 Å². The van der Waals surface area contributed by atoms with E-state index in [0.717, 1.165) is 18.5 Å². The number of likely N-dealkylation sites (tertiary alicyclic amines) is 1. The van der Waals surface area contributed by atoms with Crippen LogP contribution in [0.3, 0.4) is 0 Å². The molecule has 1 atom stereocenters. The second-order valence-electron chi connectivity index (χ2n) is 4.60. The van der Waals surface area contributed by atoms with Crippen LogP contribution in [0.4, 0.5) is 0 Å². The summed E-state index contributed by atoms with van der Waals surface area (Å²) in [5, 5.41) is 4.75. The molecule has 1 aromatic heterocycles. The minimum Gasteiger partial charge on any atom is -0.337 e. The highest BCUT2D eigenvalue weighted by Gasteiger charge is 2.27. The van der Waals surface area contributed by atoms with E-state index >= 15 is 0 Å². The molecule has 18 heavy (non-hydrogen) atoms. The van der Waals surface area contributed by atoms with Crippen LogP contribution in [0.2, 0.25) is 5.02 Å². The number of aromatic nitrogens is 2. The van der Waals surface area contributed by atoms with Gasteiger partial charge in [0.25, 0.3) is 0 Å². The summed E-state index contributed by atoms with van der Waals surface area (Å²) in [5.41, 5.74) is 0.926. The molecule has 1 aliphatic heterocycles. The Hall–Kier alpha value is -1.39. The average molecular weight is 264 g/mol. The summed E-state index contributed by atoms with van der Waals surface area (Å²) in [4.78, 5) is 6.73. The summed E-state index contributed by atoms with van der Waals surface area (Å²) < 4.78 is 5.37. The molecule has 0 unspecified atom stereocenters. The molecule has 2 aromatic rings. The summed E-state index contributed by atoms with van der Waals surface area (Å²) >= 11 is 5.86. The number of nitrogens with zero attached hydrogens (tertiary/aromatic N) is 3. The van der Waals surface area contributed by atoms with Crippen LogP contribution >= 0.6 is 11.6 Å². The van der Waals surface area contributed by atoms with Gasteiger partial charge >= 0.3 is 0 Å². The maximum atomic E-state index is 5.86. The average Bonchev–Trinajstić information content (AvgIpc) is 2.98. The fraction of sp³-hybridized carbons (Fsp3) is 0.385. The van der Waals surface area contributed by atoms with Gasteiger partial charge < -0.3 is 4.52 Å².